The van der Waals surface area contributed by atoms with Crippen molar-refractivity contribution in [2.24, 2.45) is 5.73 Å². The second-order valence-corrected chi connectivity index (χ2v) is 11.6. The maximum Gasteiger partial charge on any atom is 0.271 e. The van der Waals surface area contributed by atoms with Crippen molar-refractivity contribution < 1.29 is 34.2 Å². The summed E-state index contributed by atoms with van der Waals surface area (Å²) in [4.78, 5) is 35.1. The van der Waals surface area contributed by atoms with E-state index in [0.29, 0.717) is 40.2 Å². The number of aryl methyl sites for hydroxylation is 1. The van der Waals surface area contributed by atoms with Crippen LogP contribution in [0.4, 0.5) is 17.1 Å². The number of nitro benzene ring substituents is 1. The molecule has 4 aromatic rings. The Labute approximate surface area is 295 Å². The molecule has 0 aliphatic rings. The van der Waals surface area contributed by atoms with Crippen LogP contribution < -0.4 is 25.8 Å². The van der Waals surface area contributed by atoms with Gasteiger partial charge in [0.15, 0.2) is 0 Å². The van der Waals surface area contributed by atoms with E-state index in [1.54, 1.807) is 30.3 Å². The molecule has 0 aromatic heterocycles. The first-order chi connectivity index (χ1) is 22.8. The van der Waals surface area contributed by atoms with Crippen molar-refractivity contribution in [3.05, 3.63) is 120 Å². The molecule has 0 saturated heterocycles. The highest BCUT2D eigenvalue weighted by Crippen LogP contribution is 2.30. The zero-order valence-electron chi connectivity index (χ0n) is 25.2. The Morgan fingerprint density at radius 1 is 0.833 bits per heavy atom. The summed E-state index contributed by atoms with van der Waals surface area (Å²) >= 11 is 24.0. The van der Waals surface area contributed by atoms with E-state index in [0.717, 1.165) is 11.6 Å². The number of benzene rings is 4. The van der Waals surface area contributed by atoms with Gasteiger partial charge in [0.1, 0.15) is 30.8 Å². The molecule has 4 aromatic carbocycles. The van der Waals surface area contributed by atoms with Gasteiger partial charge in [-0.2, -0.15) is 0 Å². The lowest BCUT2D eigenvalue weighted by Crippen LogP contribution is -2.22. The summed E-state index contributed by atoms with van der Waals surface area (Å²) in [6.45, 7) is 1.87. The highest BCUT2D eigenvalue weighted by atomic mass is 35.5. The van der Waals surface area contributed by atoms with Crippen molar-refractivity contribution in [1.82, 2.24) is 0 Å². The Morgan fingerprint density at radius 2 is 1.35 bits per heavy atom. The molecule has 0 fully saturated rings. The number of ether oxygens (including phenoxy) is 2. The number of anilines is 2. The third-order valence-corrected chi connectivity index (χ3v) is 7.27. The number of amides is 2. The van der Waals surface area contributed by atoms with E-state index < -0.39 is 23.5 Å². The van der Waals surface area contributed by atoms with Crippen LogP contribution >= 0.6 is 46.4 Å². The number of aliphatic hydroxyl groups is 2. The summed E-state index contributed by atoms with van der Waals surface area (Å²) in [7, 11) is 0. The van der Waals surface area contributed by atoms with E-state index >= 15 is 0 Å². The molecule has 0 aliphatic heterocycles. The second-order valence-electron chi connectivity index (χ2n) is 9.88. The number of nitrogens with one attached hydrogen (secondary N) is 2. The minimum absolute atomic E-state index is 0.00671. The average Bonchev–Trinajstić information content (AvgIpc) is 3.05. The number of hydrogen-bond donors (Lipinski definition) is 5. The van der Waals surface area contributed by atoms with E-state index in [-0.39, 0.29) is 45.2 Å². The summed E-state index contributed by atoms with van der Waals surface area (Å²) < 4.78 is 10.8. The topological polar surface area (TPSA) is 186 Å². The van der Waals surface area contributed by atoms with Crippen LogP contribution in [0.1, 0.15) is 26.3 Å². The van der Waals surface area contributed by atoms with Crippen LogP contribution in [-0.2, 0) is 0 Å². The number of nitrogens with two attached hydrogens (primary N) is 1. The van der Waals surface area contributed by atoms with Crippen LogP contribution in [0.3, 0.4) is 0 Å². The van der Waals surface area contributed by atoms with Crippen molar-refractivity contribution in [3.63, 3.8) is 0 Å². The Balaban J connectivity index is 0.000000264. The summed E-state index contributed by atoms with van der Waals surface area (Å²) in [5.41, 5.74) is 7.32. The van der Waals surface area contributed by atoms with Crippen LogP contribution in [0.25, 0.3) is 0 Å². The van der Waals surface area contributed by atoms with Crippen LogP contribution in [0.2, 0.25) is 20.1 Å². The van der Waals surface area contributed by atoms with Gasteiger partial charge < -0.3 is 36.1 Å². The monoisotopic (exact) mass is 738 g/mol. The summed E-state index contributed by atoms with van der Waals surface area (Å²) in [5, 5.41) is 35.4. The molecule has 0 saturated carbocycles. The summed E-state index contributed by atoms with van der Waals surface area (Å²) in [6, 6.07) is 18.2. The number of rotatable bonds is 12. The predicted molar refractivity (Wildman–Crippen MR) is 186 cm³/mol. The van der Waals surface area contributed by atoms with Crippen LogP contribution in [0, 0.1) is 17.0 Å². The molecule has 1 unspecified atom stereocenters. The summed E-state index contributed by atoms with van der Waals surface area (Å²) in [5.74, 6) is -0.398. The van der Waals surface area contributed by atoms with Gasteiger partial charge in [0.2, 0.25) is 0 Å². The molecule has 0 spiro atoms. The van der Waals surface area contributed by atoms with Gasteiger partial charge in [-0.05, 0) is 67.1 Å². The fraction of sp³-hybridized carbons (Fsp3) is 0.188. The van der Waals surface area contributed by atoms with Gasteiger partial charge in [0.25, 0.3) is 17.5 Å². The Morgan fingerprint density at radius 3 is 1.83 bits per heavy atom. The predicted octanol–water partition coefficient (Wildman–Crippen LogP) is 6.78. The lowest BCUT2D eigenvalue weighted by Gasteiger charge is -2.14. The second kappa shape index (κ2) is 18.4. The van der Waals surface area contributed by atoms with E-state index in [1.165, 1.54) is 30.3 Å². The molecule has 0 bridgehead atoms. The highest BCUT2D eigenvalue weighted by Gasteiger charge is 2.18. The third kappa shape index (κ3) is 11.2. The molecule has 48 heavy (non-hydrogen) atoms. The first-order valence-corrected chi connectivity index (χ1v) is 15.5. The molecule has 0 radical (unpaired) electrons. The number of halogens is 4. The quantitative estimate of drug-likeness (QED) is 0.0772. The molecule has 2 amide bonds. The number of nitrogens with zero attached hydrogens (tertiary/aromatic N) is 1. The number of nitro groups is 1. The Kier molecular flexibility index (Phi) is 14.7. The van der Waals surface area contributed by atoms with Crippen molar-refractivity contribution in [2.75, 3.05) is 37.0 Å². The molecular formula is C32H30Cl4N4O8. The largest absolute Gasteiger partial charge is 0.491 e. The molecular weight excluding hydrogens is 710 g/mol. The number of aliphatic hydroxyl groups excluding tert-OH is 2. The van der Waals surface area contributed by atoms with Gasteiger partial charge >= 0.3 is 0 Å². The van der Waals surface area contributed by atoms with E-state index in [4.69, 9.17) is 66.7 Å². The maximum atomic E-state index is 12.5. The fourth-order valence-corrected chi connectivity index (χ4v) is 4.69. The van der Waals surface area contributed by atoms with Gasteiger partial charge in [-0.25, -0.2) is 0 Å². The van der Waals surface area contributed by atoms with Gasteiger partial charge in [0, 0.05) is 28.7 Å². The smallest absolute Gasteiger partial charge is 0.271 e. The van der Waals surface area contributed by atoms with Gasteiger partial charge in [-0.15, -0.1) is 0 Å². The van der Waals surface area contributed by atoms with Gasteiger partial charge in [0.05, 0.1) is 44.1 Å². The number of non-ortho nitro benzene ring substituents is 1. The standard InChI is InChI=1S/C16H14Cl2N2O6.C16H16Cl2N2O2/c17-9-1-4-15(26-8-11(22)7-21)12(5-9)16(23)19-14-3-2-10(20(24)25)6-13(14)18;1-10-2-4-14(13(18)8-10)20-16(21)12-9-11(17)3-5-15(12)22-7-6-19/h1-6,11,21-22H,7-8H2,(H,19,23);2-5,8-9H,6-7,19H2,1H3,(H,20,21). The lowest BCUT2D eigenvalue weighted by molar-refractivity contribution is -0.384. The first kappa shape index (κ1) is 38.3. The van der Waals surface area contributed by atoms with Crippen LogP contribution in [-0.4, -0.2) is 59.4 Å². The molecule has 0 aliphatic carbocycles. The van der Waals surface area contributed by atoms with E-state index in [2.05, 4.69) is 10.6 Å². The minimum atomic E-state index is -1.11. The first-order valence-electron chi connectivity index (χ1n) is 14.0. The molecule has 6 N–H and O–H groups in total. The Hall–Kier alpha value is -4.14. The third-order valence-electron chi connectivity index (χ3n) is 6.17. The van der Waals surface area contributed by atoms with Crippen molar-refractivity contribution in [3.8, 4) is 11.5 Å². The van der Waals surface area contributed by atoms with Crippen molar-refractivity contribution in [1.29, 1.82) is 0 Å². The molecule has 16 heteroatoms. The van der Waals surface area contributed by atoms with Crippen molar-refractivity contribution in [2.45, 2.75) is 13.0 Å². The van der Waals surface area contributed by atoms with E-state index in [1.807, 2.05) is 13.0 Å². The maximum absolute atomic E-state index is 12.5. The lowest BCUT2D eigenvalue weighted by atomic mass is 10.1. The summed E-state index contributed by atoms with van der Waals surface area (Å²) in [6.07, 6.45) is -1.11. The molecule has 1 atom stereocenters. The normalized spacial score (nSPS) is 11.1. The van der Waals surface area contributed by atoms with Crippen LogP contribution in [0.15, 0.2) is 72.8 Å². The van der Waals surface area contributed by atoms with E-state index in [9.17, 15) is 24.8 Å². The SMILES string of the molecule is Cc1ccc(NC(=O)c2cc(Cl)ccc2OCCN)c(Cl)c1.O=C(Nc1ccc([N+](=O)[O-])cc1Cl)c1cc(Cl)ccc1OCC(O)CO. The fourth-order valence-electron chi connectivity index (χ4n) is 3.84. The van der Waals surface area contributed by atoms with Gasteiger partial charge in [-0.3, -0.25) is 19.7 Å². The molecule has 4 rings (SSSR count). The molecule has 254 valence electrons. The van der Waals surface area contributed by atoms with Crippen molar-refractivity contribution >= 4 is 75.3 Å². The minimum Gasteiger partial charge on any atom is -0.491 e. The number of hydrogen-bond acceptors (Lipinski definition) is 9. The zero-order valence-corrected chi connectivity index (χ0v) is 28.2. The zero-order chi connectivity index (χ0) is 35.4. The highest BCUT2D eigenvalue weighted by molar-refractivity contribution is 6.35. The number of carbonyl (C=O) groups is 2. The van der Waals surface area contributed by atoms with Gasteiger partial charge in [-0.1, -0.05) is 52.5 Å². The average molecular weight is 740 g/mol. The molecule has 0 heterocycles. The Bertz CT molecular complexity index is 1780. The molecule has 12 nitrogen and oxygen atoms in total. The van der Waals surface area contributed by atoms with Crippen LogP contribution in [0.5, 0.6) is 11.5 Å². The number of carbonyl (C=O) groups excluding carboxylic acids is 2.